The maximum absolute atomic E-state index is 11.4. The van der Waals surface area contributed by atoms with Crippen LogP contribution in [0.5, 0.6) is 0 Å². The molecule has 1 aliphatic rings. The molecule has 0 atom stereocenters. The molecule has 0 fully saturated rings. The van der Waals surface area contributed by atoms with Crippen molar-refractivity contribution in [1.82, 2.24) is 2.52 Å². The lowest BCUT2D eigenvalue weighted by molar-refractivity contribution is 0.553. The number of halogens is 1. The van der Waals surface area contributed by atoms with Crippen LogP contribution >= 0.6 is 22.9 Å². The fourth-order valence-electron chi connectivity index (χ4n) is 1.17. The molecule has 0 amide bonds. The second kappa shape index (κ2) is 3.10. The quantitative estimate of drug-likeness (QED) is 0.583. The molecule has 13 heavy (non-hydrogen) atoms. The second-order valence-electron chi connectivity index (χ2n) is 2.71. The van der Waals surface area contributed by atoms with Crippen LogP contribution in [0, 0.1) is 0 Å². The van der Waals surface area contributed by atoms with Crippen molar-refractivity contribution >= 4 is 38.8 Å². The van der Waals surface area contributed by atoms with Crippen LogP contribution in [-0.4, -0.2) is 10.9 Å². The van der Waals surface area contributed by atoms with Crippen LogP contribution in [0.4, 0.5) is 5.69 Å². The Labute approximate surface area is 90.6 Å². The number of nitrogens with one attached hydrogen (secondary N) is 1. The fourth-order valence-corrected chi connectivity index (χ4v) is 2.71. The van der Waals surface area contributed by atoms with Crippen LogP contribution in [0.1, 0.15) is 5.56 Å². The molecule has 0 aliphatic carbocycles. The van der Waals surface area contributed by atoms with E-state index in [2.05, 4.69) is 4.72 Å². The largest absolute Gasteiger partial charge is 0.310 e. The molecule has 0 saturated heterocycles. The lowest BCUT2D eigenvalue weighted by atomic mass is 10.2. The van der Waals surface area contributed by atoms with Crippen molar-refractivity contribution in [2.24, 2.45) is 0 Å². The third-order valence-corrected chi connectivity index (χ3v) is 4.84. The molecule has 0 radical (unpaired) electrons. The highest BCUT2D eigenvalue weighted by molar-refractivity contribution is 14.1. The van der Waals surface area contributed by atoms with Crippen LogP contribution in [0.25, 0.3) is 0 Å². The Kier molecular flexibility index (Phi) is 2.20. The van der Waals surface area contributed by atoms with Gasteiger partial charge in [-0.25, -0.2) is 0 Å². The number of fused-ring (bicyclic) bond motifs is 1. The highest BCUT2D eigenvalue weighted by Gasteiger charge is 2.26. The summed E-state index contributed by atoms with van der Waals surface area (Å²) >= 11 is 1.78. The van der Waals surface area contributed by atoms with Gasteiger partial charge in [-0.15, -0.1) is 2.52 Å². The Bertz CT molecular complexity index is 432. The van der Waals surface area contributed by atoms with Crippen molar-refractivity contribution in [1.29, 1.82) is 0 Å². The molecule has 1 heterocycles. The van der Waals surface area contributed by atoms with Crippen molar-refractivity contribution in [3.05, 3.63) is 29.8 Å². The molecule has 1 N–H and O–H groups in total. The summed E-state index contributed by atoms with van der Waals surface area (Å²) < 4.78 is 26.4. The van der Waals surface area contributed by atoms with Crippen LogP contribution < -0.4 is 4.72 Å². The predicted octanol–water partition coefficient (Wildman–Crippen LogP) is 1.51. The average molecular weight is 310 g/mol. The molecule has 0 aromatic heterocycles. The Morgan fingerprint density at radius 2 is 2.08 bits per heavy atom. The number of anilines is 1. The molecule has 4 nitrogen and oxygen atoms in total. The van der Waals surface area contributed by atoms with Gasteiger partial charge in [0, 0.05) is 22.9 Å². The van der Waals surface area contributed by atoms with Gasteiger partial charge >= 0.3 is 10.2 Å². The number of nitrogens with zero attached hydrogens (tertiary/aromatic N) is 1. The zero-order valence-corrected chi connectivity index (χ0v) is 9.54. The van der Waals surface area contributed by atoms with Crippen LogP contribution in [0.15, 0.2) is 24.3 Å². The fraction of sp³-hybridized carbons (Fsp3) is 0.143. The van der Waals surface area contributed by atoms with Gasteiger partial charge in [-0.05, 0) is 11.6 Å². The zero-order valence-electron chi connectivity index (χ0n) is 6.57. The Morgan fingerprint density at radius 1 is 1.38 bits per heavy atom. The summed E-state index contributed by atoms with van der Waals surface area (Å²) in [7, 11) is -3.30. The topological polar surface area (TPSA) is 49.4 Å². The van der Waals surface area contributed by atoms with E-state index in [0.29, 0.717) is 12.2 Å². The summed E-state index contributed by atoms with van der Waals surface area (Å²) in [5.74, 6) is 0. The van der Waals surface area contributed by atoms with Crippen LogP contribution in [0.2, 0.25) is 0 Å². The van der Waals surface area contributed by atoms with Crippen molar-refractivity contribution < 1.29 is 8.42 Å². The number of hydrogen-bond acceptors (Lipinski definition) is 2. The highest BCUT2D eigenvalue weighted by Crippen LogP contribution is 2.27. The van der Waals surface area contributed by atoms with E-state index in [1.54, 1.807) is 28.9 Å². The zero-order chi connectivity index (χ0) is 9.47. The van der Waals surface area contributed by atoms with Crippen molar-refractivity contribution in [2.45, 2.75) is 6.54 Å². The second-order valence-corrected chi connectivity index (χ2v) is 6.12. The smallest absolute Gasteiger partial charge is 0.270 e. The average Bonchev–Trinajstić information content (AvgIpc) is 2.06. The Balaban J connectivity index is 2.51. The third kappa shape index (κ3) is 1.65. The first-order valence-corrected chi connectivity index (χ1v) is 6.04. The van der Waals surface area contributed by atoms with Crippen molar-refractivity contribution in [3.63, 3.8) is 0 Å². The van der Waals surface area contributed by atoms with E-state index in [9.17, 15) is 8.42 Å². The van der Waals surface area contributed by atoms with Gasteiger partial charge in [0.25, 0.3) is 0 Å². The van der Waals surface area contributed by atoms with Gasteiger partial charge in [0.05, 0.1) is 12.2 Å². The van der Waals surface area contributed by atoms with E-state index in [1.165, 1.54) is 2.52 Å². The van der Waals surface area contributed by atoms with E-state index in [0.717, 1.165) is 5.56 Å². The van der Waals surface area contributed by atoms with Crippen LogP contribution in [0.3, 0.4) is 0 Å². The molecule has 0 saturated carbocycles. The summed E-state index contributed by atoms with van der Waals surface area (Å²) in [6.45, 7) is 0.423. The van der Waals surface area contributed by atoms with E-state index in [1.807, 2.05) is 18.2 Å². The molecule has 2 rings (SSSR count). The van der Waals surface area contributed by atoms with Gasteiger partial charge in [-0.3, -0.25) is 4.72 Å². The third-order valence-electron chi connectivity index (χ3n) is 1.81. The lowest BCUT2D eigenvalue weighted by Gasteiger charge is -2.23. The molecule has 0 unspecified atom stereocenters. The standard InChI is InChI=1S/C7H7IN2O2S/c8-10-5-6-3-1-2-4-7(6)9-13(10,11)12/h1-4,9H,5H2. The van der Waals surface area contributed by atoms with E-state index in [4.69, 9.17) is 0 Å². The SMILES string of the molecule is O=S1(=O)Nc2ccccc2CN1I. The molecule has 6 heteroatoms. The maximum atomic E-state index is 11.4. The molecule has 0 spiro atoms. The van der Waals surface area contributed by atoms with Crippen molar-refractivity contribution in [2.75, 3.05) is 4.72 Å². The highest BCUT2D eigenvalue weighted by atomic mass is 127. The molecular weight excluding hydrogens is 303 g/mol. The number of hydrogen-bond donors (Lipinski definition) is 1. The number of para-hydroxylation sites is 1. The number of benzene rings is 1. The first kappa shape index (κ1) is 9.22. The van der Waals surface area contributed by atoms with Crippen LogP contribution in [-0.2, 0) is 16.8 Å². The molecule has 1 aromatic carbocycles. The maximum Gasteiger partial charge on any atom is 0.310 e. The van der Waals surface area contributed by atoms with E-state index in [-0.39, 0.29) is 0 Å². The van der Waals surface area contributed by atoms with E-state index >= 15 is 0 Å². The summed E-state index contributed by atoms with van der Waals surface area (Å²) in [5.41, 5.74) is 1.67. The molecule has 70 valence electrons. The first-order valence-electron chi connectivity index (χ1n) is 3.64. The number of rotatable bonds is 0. The monoisotopic (exact) mass is 310 g/mol. The molecule has 1 aromatic rings. The van der Waals surface area contributed by atoms with Gasteiger partial charge in [0.2, 0.25) is 0 Å². The van der Waals surface area contributed by atoms with Gasteiger partial charge in [-0.1, -0.05) is 18.2 Å². The summed E-state index contributed by atoms with van der Waals surface area (Å²) in [6.07, 6.45) is 0. The minimum Gasteiger partial charge on any atom is -0.270 e. The van der Waals surface area contributed by atoms with Gasteiger partial charge in [0.15, 0.2) is 0 Å². The van der Waals surface area contributed by atoms with Crippen molar-refractivity contribution in [3.8, 4) is 0 Å². The minimum absolute atomic E-state index is 0.423. The van der Waals surface area contributed by atoms with E-state index < -0.39 is 10.2 Å². The molecule has 1 aliphatic heterocycles. The normalized spacial score (nSPS) is 20.4. The Morgan fingerprint density at radius 3 is 2.85 bits per heavy atom. The summed E-state index contributed by atoms with van der Waals surface area (Å²) in [6, 6.07) is 7.37. The van der Waals surface area contributed by atoms with Gasteiger partial charge in [0.1, 0.15) is 0 Å². The Hall–Kier alpha value is -0.340. The van der Waals surface area contributed by atoms with Gasteiger partial charge in [-0.2, -0.15) is 8.42 Å². The molecule has 0 bridgehead atoms. The molecular formula is C7H7IN2O2S. The predicted molar refractivity (Wildman–Crippen MR) is 58.5 cm³/mol. The summed E-state index contributed by atoms with van der Waals surface area (Å²) in [4.78, 5) is 0. The minimum atomic E-state index is -3.30. The van der Waals surface area contributed by atoms with Gasteiger partial charge < -0.3 is 0 Å². The lowest BCUT2D eigenvalue weighted by Crippen LogP contribution is -2.32. The first-order chi connectivity index (χ1) is 6.09. The summed E-state index contributed by atoms with van der Waals surface area (Å²) in [5, 5.41) is 0.